The fourth-order valence-corrected chi connectivity index (χ4v) is 12.6. The Bertz CT molecular complexity index is 1430. The Morgan fingerprint density at radius 1 is 0.804 bits per heavy atom. The first kappa shape index (κ1) is 33.4. The third-order valence-corrected chi connectivity index (χ3v) is 15.5. The second-order valence-corrected chi connectivity index (χ2v) is 18.0. The van der Waals surface area contributed by atoms with Crippen molar-refractivity contribution in [3.8, 4) is 11.5 Å². The molecule has 46 heavy (non-hydrogen) atoms. The molecule has 1 aromatic carbocycles. The first-order valence-electron chi connectivity index (χ1n) is 17.6. The molecule has 5 fully saturated rings. The van der Waals surface area contributed by atoms with Crippen LogP contribution in [0.5, 0.6) is 11.5 Å². The molecular weight excluding hydrogens is 580 g/mol. The Morgan fingerprint density at radius 3 is 2.20 bits per heavy atom. The molecule has 0 aliphatic heterocycles. The van der Waals surface area contributed by atoms with Gasteiger partial charge in [0.1, 0.15) is 6.10 Å². The molecule has 0 saturated heterocycles. The van der Waals surface area contributed by atoms with E-state index in [2.05, 4.69) is 48.5 Å². The van der Waals surface area contributed by atoms with Crippen LogP contribution >= 0.6 is 0 Å². The highest BCUT2D eigenvalue weighted by molar-refractivity contribution is 5.87. The van der Waals surface area contributed by atoms with Crippen LogP contribution < -0.4 is 0 Å². The quantitative estimate of drug-likeness (QED) is 0.150. The summed E-state index contributed by atoms with van der Waals surface area (Å²) in [5.74, 6) is -0.214. The van der Waals surface area contributed by atoms with Crippen molar-refractivity contribution in [2.45, 2.75) is 125 Å². The zero-order chi connectivity index (χ0) is 33.7. The minimum Gasteiger partial charge on any atom is -0.504 e. The van der Waals surface area contributed by atoms with E-state index >= 15 is 0 Å². The highest BCUT2D eigenvalue weighted by atomic mass is 16.5. The van der Waals surface area contributed by atoms with E-state index in [1.54, 1.807) is 12.1 Å². The van der Waals surface area contributed by atoms with E-state index in [1.807, 2.05) is 0 Å². The highest BCUT2D eigenvalue weighted by Crippen LogP contribution is 2.77. The van der Waals surface area contributed by atoms with E-state index in [4.69, 9.17) is 4.74 Å². The Kier molecular flexibility index (Phi) is 7.79. The second kappa shape index (κ2) is 10.7. The molecule has 0 heterocycles. The standard InChI is InChI=1S/C39H56O7/c1-34(2)21-25-24-10-12-29-36(5)16-15-31(46-32(43)13-9-23-8-11-26(40)27(41)20-23)35(3,4)28(36)14-17-38(29,7)37(24,6)18-19-39(25,33(44)45)22-30(34)42/h8-9,11,13,20,24-25,28-31,40-42H,10,12,14-19,21-22H2,1-7H3,(H,44,45)/b13-9+/t24-,25+,28+,29-,30?,31?,36+,37-,38-,39-/m1/s1. The van der Waals surface area contributed by atoms with Crippen molar-refractivity contribution >= 4 is 18.0 Å². The lowest BCUT2D eigenvalue weighted by atomic mass is 9.31. The smallest absolute Gasteiger partial charge is 0.331 e. The highest BCUT2D eigenvalue weighted by Gasteiger charge is 2.71. The number of rotatable bonds is 4. The average Bonchev–Trinajstić information content (AvgIpc) is 2.96. The summed E-state index contributed by atoms with van der Waals surface area (Å²) in [6, 6.07) is 4.44. The zero-order valence-corrected chi connectivity index (χ0v) is 28.9. The van der Waals surface area contributed by atoms with Crippen molar-refractivity contribution in [3.63, 3.8) is 0 Å². The van der Waals surface area contributed by atoms with Crippen molar-refractivity contribution in [1.29, 1.82) is 0 Å². The summed E-state index contributed by atoms with van der Waals surface area (Å²) < 4.78 is 6.15. The number of hydrogen-bond acceptors (Lipinski definition) is 6. The number of carboxylic acids is 1. The van der Waals surface area contributed by atoms with Crippen molar-refractivity contribution in [2.24, 2.45) is 56.2 Å². The van der Waals surface area contributed by atoms with Crippen LogP contribution in [0.3, 0.4) is 0 Å². The lowest BCUT2D eigenvalue weighted by molar-refractivity contribution is -0.261. The minimum atomic E-state index is -0.829. The number of carbonyl (C=O) groups is 2. The maximum atomic E-state index is 13.0. The van der Waals surface area contributed by atoms with E-state index < -0.39 is 23.5 Å². The Balaban J connectivity index is 1.23. The van der Waals surface area contributed by atoms with Crippen LogP contribution in [-0.2, 0) is 14.3 Å². The molecule has 0 bridgehead atoms. The number of hydrogen-bond donors (Lipinski definition) is 4. The van der Waals surface area contributed by atoms with Gasteiger partial charge in [0, 0.05) is 11.5 Å². The molecule has 4 N–H and O–H groups in total. The molecule has 1 aromatic rings. The van der Waals surface area contributed by atoms with Gasteiger partial charge in [-0.2, -0.15) is 0 Å². The molecule has 2 unspecified atom stereocenters. The summed E-state index contributed by atoms with van der Waals surface area (Å²) in [7, 11) is 0. The summed E-state index contributed by atoms with van der Waals surface area (Å²) in [6.45, 7) is 16.3. The van der Waals surface area contributed by atoms with Crippen molar-refractivity contribution in [2.75, 3.05) is 0 Å². The largest absolute Gasteiger partial charge is 0.504 e. The number of benzene rings is 1. The number of aromatic hydroxyl groups is 2. The normalized spacial score (nSPS) is 44.3. The number of esters is 1. The molecule has 5 aliphatic carbocycles. The van der Waals surface area contributed by atoms with Gasteiger partial charge in [-0.25, -0.2) is 4.79 Å². The van der Waals surface area contributed by atoms with Gasteiger partial charge in [0.05, 0.1) is 11.5 Å². The Hall–Kier alpha value is -2.54. The van der Waals surface area contributed by atoms with Gasteiger partial charge in [-0.1, -0.05) is 54.5 Å². The van der Waals surface area contributed by atoms with E-state index in [-0.39, 0.29) is 50.6 Å². The number of phenols is 2. The number of carboxylic acid groups (broad SMARTS) is 1. The van der Waals surface area contributed by atoms with E-state index in [0.717, 1.165) is 51.4 Å². The molecule has 0 radical (unpaired) electrons. The molecule has 7 heteroatoms. The molecule has 5 saturated carbocycles. The molecule has 5 aliphatic rings. The van der Waals surface area contributed by atoms with Crippen LogP contribution in [0.4, 0.5) is 0 Å². The third-order valence-electron chi connectivity index (χ3n) is 15.5. The maximum Gasteiger partial charge on any atom is 0.331 e. The monoisotopic (exact) mass is 636 g/mol. The van der Waals surface area contributed by atoms with Crippen molar-refractivity contribution < 1.29 is 34.8 Å². The topological polar surface area (TPSA) is 124 Å². The SMILES string of the molecule is CC1(C)C[C@H]2[C@H]3CC[C@@H]4[C@@]5(C)CCC(OC(=O)/C=C/c6ccc(O)c(O)c6)C(C)(C)[C@@H]5CC[C@@]4(C)[C@]3(C)CC[C@@]2(C(=O)O)CC1O. The predicted octanol–water partition coefficient (Wildman–Crippen LogP) is 7.96. The van der Waals surface area contributed by atoms with E-state index in [9.17, 15) is 30.0 Å². The minimum absolute atomic E-state index is 0.0345. The van der Waals surface area contributed by atoms with Crippen molar-refractivity contribution in [1.82, 2.24) is 0 Å². The Labute approximate surface area is 274 Å². The predicted molar refractivity (Wildman–Crippen MR) is 177 cm³/mol. The number of aliphatic hydroxyl groups excluding tert-OH is 1. The summed E-state index contributed by atoms with van der Waals surface area (Å²) in [5.41, 5.74) is -0.502. The van der Waals surface area contributed by atoms with Crippen LogP contribution in [0.15, 0.2) is 24.3 Å². The fraction of sp³-hybridized carbons (Fsp3) is 0.744. The maximum absolute atomic E-state index is 13.0. The van der Waals surface area contributed by atoms with Gasteiger partial charge in [0.15, 0.2) is 11.5 Å². The van der Waals surface area contributed by atoms with Crippen LogP contribution in [0, 0.1) is 56.2 Å². The van der Waals surface area contributed by atoms with Crippen molar-refractivity contribution in [3.05, 3.63) is 29.8 Å². The lowest BCUT2D eigenvalue weighted by Gasteiger charge is -2.73. The Morgan fingerprint density at radius 2 is 1.52 bits per heavy atom. The molecule has 7 nitrogen and oxygen atoms in total. The van der Waals surface area contributed by atoms with E-state index in [1.165, 1.54) is 18.2 Å². The van der Waals surface area contributed by atoms with Crippen LogP contribution in [0.25, 0.3) is 6.08 Å². The fourth-order valence-electron chi connectivity index (χ4n) is 12.6. The van der Waals surface area contributed by atoms with E-state index in [0.29, 0.717) is 36.2 Å². The van der Waals surface area contributed by atoms with Crippen LogP contribution in [0.2, 0.25) is 0 Å². The van der Waals surface area contributed by atoms with Gasteiger partial charge in [-0.3, -0.25) is 4.79 Å². The molecular formula is C39H56O7. The van der Waals surface area contributed by atoms with Gasteiger partial charge >= 0.3 is 11.9 Å². The second-order valence-electron chi connectivity index (χ2n) is 18.0. The van der Waals surface area contributed by atoms with Gasteiger partial charge in [-0.15, -0.1) is 0 Å². The molecule has 0 amide bonds. The van der Waals surface area contributed by atoms with Gasteiger partial charge in [-0.05, 0) is 133 Å². The zero-order valence-electron chi connectivity index (χ0n) is 28.9. The number of fused-ring (bicyclic) bond motifs is 7. The number of phenolic OH excluding ortho intramolecular Hbond substituents is 2. The summed E-state index contributed by atoms with van der Waals surface area (Å²) in [5, 5.41) is 41.1. The van der Waals surface area contributed by atoms with Crippen LogP contribution in [0.1, 0.15) is 118 Å². The van der Waals surface area contributed by atoms with Gasteiger partial charge in [0.25, 0.3) is 0 Å². The van der Waals surface area contributed by atoms with Gasteiger partial charge < -0.3 is 25.2 Å². The molecule has 0 spiro atoms. The lowest BCUT2D eigenvalue weighted by Crippen LogP contribution is -2.68. The first-order valence-corrected chi connectivity index (χ1v) is 17.6. The van der Waals surface area contributed by atoms with Gasteiger partial charge in [0.2, 0.25) is 0 Å². The average molecular weight is 637 g/mol. The molecule has 10 atom stereocenters. The molecule has 6 rings (SSSR count). The number of aliphatic carboxylic acids is 1. The third kappa shape index (κ3) is 4.68. The number of aliphatic hydroxyl groups is 1. The first-order chi connectivity index (χ1) is 21.3. The summed E-state index contributed by atoms with van der Waals surface area (Å²) in [6.07, 6.45) is 11.0. The van der Waals surface area contributed by atoms with Crippen LogP contribution in [-0.4, -0.2) is 44.6 Å². The number of ether oxygens (including phenoxy) is 1. The summed E-state index contributed by atoms with van der Waals surface area (Å²) in [4.78, 5) is 26.0. The molecule has 0 aromatic heterocycles. The molecule has 254 valence electrons. The summed E-state index contributed by atoms with van der Waals surface area (Å²) >= 11 is 0. The number of carbonyl (C=O) groups excluding carboxylic acids is 1.